The van der Waals surface area contributed by atoms with Crippen LogP contribution in [0, 0.1) is 6.92 Å². The summed E-state index contributed by atoms with van der Waals surface area (Å²) in [6.07, 6.45) is 0. The smallest absolute Gasteiger partial charge is 0.0623 e. The van der Waals surface area contributed by atoms with Crippen molar-refractivity contribution in [1.29, 1.82) is 0 Å². The molecule has 0 saturated carbocycles. The van der Waals surface area contributed by atoms with Crippen molar-refractivity contribution < 1.29 is 0 Å². The molecular formula is C29H24Si. The van der Waals surface area contributed by atoms with Crippen LogP contribution in [0.3, 0.4) is 0 Å². The van der Waals surface area contributed by atoms with Crippen LogP contribution in [0.5, 0.6) is 0 Å². The second-order valence-electron chi connectivity index (χ2n) is 7.87. The maximum atomic E-state index is 2.36. The summed E-state index contributed by atoms with van der Waals surface area (Å²) in [7, 11) is -2.49. The van der Waals surface area contributed by atoms with Crippen LogP contribution in [0.15, 0.2) is 127 Å². The fraction of sp³-hybridized carbons (Fsp3) is 0.0345. The monoisotopic (exact) mass is 400 g/mol. The molecule has 0 unspecified atom stereocenters. The van der Waals surface area contributed by atoms with E-state index in [1.807, 2.05) is 0 Å². The van der Waals surface area contributed by atoms with Gasteiger partial charge in [-0.05, 0) is 38.4 Å². The highest BCUT2D eigenvalue weighted by atomic mass is 28.3. The summed E-state index contributed by atoms with van der Waals surface area (Å²) < 4.78 is 0. The van der Waals surface area contributed by atoms with Gasteiger partial charge in [-0.1, -0.05) is 133 Å². The minimum absolute atomic E-state index is 1.29. The Balaban J connectivity index is 1.98. The minimum atomic E-state index is -2.49. The number of fused-ring (bicyclic) bond motifs is 1. The minimum Gasteiger partial charge on any atom is -0.0623 e. The van der Waals surface area contributed by atoms with Crippen molar-refractivity contribution in [3.63, 3.8) is 0 Å². The summed E-state index contributed by atoms with van der Waals surface area (Å²) in [5, 5.41) is 8.34. The molecule has 5 aromatic carbocycles. The molecule has 0 aliphatic heterocycles. The molecule has 0 N–H and O–H groups in total. The lowest BCUT2D eigenvalue weighted by Crippen LogP contribution is -2.74. The van der Waals surface area contributed by atoms with Crippen molar-refractivity contribution >= 4 is 39.6 Å². The highest BCUT2D eigenvalue weighted by Gasteiger charge is 2.42. The average molecular weight is 401 g/mol. The van der Waals surface area contributed by atoms with Crippen molar-refractivity contribution in [2.75, 3.05) is 0 Å². The number of hydrogen-bond acceptors (Lipinski definition) is 0. The van der Waals surface area contributed by atoms with Gasteiger partial charge in [-0.15, -0.1) is 0 Å². The van der Waals surface area contributed by atoms with Crippen LogP contribution < -0.4 is 20.7 Å². The molecule has 0 bridgehead atoms. The lowest BCUT2D eigenvalue weighted by molar-refractivity contribution is 1.49. The molecule has 0 atom stereocenters. The Hall–Kier alpha value is -3.42. The fourth-order valence-electron chi connectivity index (χ4n) is 4.70. The zero-order valence-electron chi connectivity index (χ0n) is 17.1. The van der Waals surface area contributed by atoms with Gasteiger partial charge in [0.15, 0.2) is 8.07 Å². The van der Waals surface area contributed by atoms with E-state index in [0.717, 1.165) is 0 Å². The van der Waals surface area contributed by atoms with Gasteiger partial charge in [0.05, 0.1) is 0 Å². The van der Waals surface area contributed by atoms with E-state index in [9.17, 15) is 0 Å². The summed E-state index contributed by atoms with van der Waals surface area (Å²) in [5.41, 5.74) is 1.29. The molecule has 0 heterocycles. The molecule has 0 aromatic heterocycles. The highest BCUT2D eigenvalue weighted by molar-refractivity contribution is 7.20. The van der Waals surface area contributed by atoms with Crippen molar-refractivity contribution in [2.45, 2.75) is 6.92 Å². The quantitative estimate of drug-likeness (QED) is 0.307. The van der Waals surface area contributed by atoms with E-state index in [-0.39, 0.29) is 0 Å². The average Bonchev–Trinajstić information content (AvgIpc) is 2.82. The van der Waals surface area contributed by atoms with Gasteiger partial charge >= 0.3 is 0 Å². The molecule has 0 aliphatic carbocycles. The zero-order valence-corrected chi connectivity index (χ0v) is 18.1. The van der Waals surface area contributed by atoms with E-state index in [2.05, 4.69) is 134 Å². The second-order valence-corrected chi connectivity index (χ2v) is 11.6. The molecular weight excluding hydrogens is 376 g/mol. The van der Waals surface area contributed by atoms with Crippen molar-refractivity contribution in [2.24, 2.45) is 0 Å². The van der Waals surface area contributed by atoms with Gasteiger partial charge in [-0.25, -0.2) is 0 Å². The van der Waals surface area contributed by atoms with E-state index in [0.29, 0.717) is 0 Å². The topological polar surface area (TPSA) is 0 Å². The Labute approximate surface area is 179 Å². The largest absolute Gasteiger partial charge is 0.180 e. The van der Waals surface area contributed by atoms with Crippen molar-refractivity contribution in [3.05, 3.63) is 133 Å². The summed E-state index contributed by atoms with van der Waals surface area (Å²) in [6.45, 7) is 2.16. The molecule has 30 heavy (non-hydrogen) atoms. The standard InChI is InChI=1S/C29H24Si/c1-23-19-21-27(22-20-23)30(25-13-4-2-5-14-25,26-15-6-3-7-16-26)29-18-10-12-24-11-8-9-17-28(24)29/h2-22H,1H3. The third-order valence-corrected chi connectivity index (χ3v) is 10.9. The van der Waals surface area contributed by atoms with Crippen LogP contribution in [0.1, 0.15) is 5.56 Å². The van der Waals surface area contributed by atoms with Gasteiger partial charge in [0, 0.05) is 0 Å². The lowest BCUT2D eigenvalue weighted by atomic mass is 10.1. The number of benzene rings is 5. The maximum Gasteiger partial charge on any atom is 0.180 e. The van der Waals surface area contributed by atoms with Crippen molar-refractivity contribution in [3.8, 4) is 0 Å². The molecule has 5 aromatic rings. The number of hydrogen-bond donors (Lipinski definition) is 0. The highest BCUT2D eigenvalue weighted by Crippen LogP contribution is 2.17. The number of aryl methyl sites for hydroxylation is 1. The normalized spacial score (nSPS) is 11.5. The van der Waals surface area contributed by atoms with E-state index in [1.165, 1.54) is 37.1 Å². The molecule has 0 saturated heterocycles. The van der Waals surface area contributed by atoms with Crippen LogP contribution >= 0.6 is 0 Å². The summed E-state index contributed by atoms with van der Waals surface area (Å²) in [5.74, 6) is 0. The first kappa shape index (κ1) is 18.6. The summed E-state index contributed by atoms with van der Waals surface area (Å²) in [6, 6.07) is 47.1. The van der Waals surface area contributed by atoms with E-state index in [4.69, 9.17) is 0 Å². The fourth-order valence-corrected chi connectivity index (χ4v) is 9.66. The Kier molecular flexibility index (Phi) is 4.82. The summed E-state index contributed by atoms with van der Waals surface area (Å²) in [4.78, 5) is 0. The van der Waals surface area contributed by atoms with Gasteiger partial charge in [0.1, 0.15) is 0 Å². The second kappa shape index (κ2) is 7.77. The SMILES string of the molecule is Cc1ccc([Si](c2ccccc2)(c2ccccc2)c2cccc3ccccc23)cc1. The van der Waals surface area contributed by atoms with Gasteiger partial charge in [-0.3, -0.25) is 0 Å². The predicted molar refractivity (Wildman–Crippen MR) is 132 cm³/mol. The first-order chi connectivity index (χ1) is 14.8. The predicted octanol–water partition coefficient (Wildman–Crippen LogP) is 4.53. The van der Waals surface area contributed by atoms with Crippen LogP contribution in [0.2, 0.25) is 0 Å². The lowest BCUT2D eigenvalue weighted by Gasteiger charge is -2.35. The molecule has 0 spiro atoms. The van der Waals surface area contributed by atoms with Crippen LogP contribution in [-0.4, -0.2) is 8.07 Å². The van der Waals surface area contributed by atoms with Crippen LogP contribution in [0.4, 0.5) is 0 Å². The van der Waals surface area contributed by atoms with Gasteiger partial charge in [0.25, 0.3) is 0 Å². The number of rotatable bonds is 4. The molecule has 144 valence electrons. The third kappa shape index (κ3) is 2.99. The maximum absolute atomic E-state index is 2.49. The molecule has 0 amide bonds. The first-order valence-corrected chi connectivity index (χ1v) is 12.5. The van der Waals surface area contributed by atoms with Crippen molar-refractivity contribution in [1.82, 2.24) is 0 Å². The van der Waals surface area contributed by atoms with Gasteiger partial charge in [0.2, 0.25) is 0 Å². The van der Waals surface area contributed by atoms with Crippen LogP contribution in [-0.2, 0) is 0 Å². The Morgan fingerprint density at radius 3 is 1.57 bits per heavy atom. The Morgan fingerprint density at radius 2 is 0.933 bits per heavy atom. The molecule has 5 rings (SSSR count). The van der Waals surface area contributed by atoms with Gasteiger partial charge in [-0.2, -0.15) is 0 Å². The van der Waals surface area contributed by atoms with Crippen LogP contribution in [0.25, 0.3) is 10.8 Å². The van der Waals surface area contributed by atoms with E-state index in [1.54, 1.807) is 0 Å². The Morgan fingerprint density at radius 1 is 0.433 bits per heavy atom. The van der Waals surface area contributed by atoms with E-state index < -0.39 is 8.07 Å². The molecule has 0 aliphatic rings. The molecule has 1 heteroatoms. The Bertz CT molecular complexity index is 1230. The molecule has 0 nitrogen and oxygen atoms in total. The van der Waals surface area contributed by atoms with E-state index >= 15 is 0 Å². The third-order valence-electron chi connectivity index (χ3n) is 6.09. The first-order valence-electron chi connectivity index (χ1n) is 10.5. The zero-order chi connectivity index (χ0) is 20.4. The summed E-state index contributed by atoms with van der Waals surface area (Å²) >= 11 is 0. The molecule has 0 fully saturated rings. The molecule has 0 radical (unpaired) electrons. The van der Waals surface area contributed by atoms with Gasteiger partial charge < -0.3 is 0 Å².